The van der Waals surface area contributed by atoms with Gasteiger partial charge in [-0.2, -0.15) is 0 Å². The van der Waals surface area contributed by atoms with Crippen LogP contribution < -0.4 is 10.1 Å². The van der Waals surface area contributed by atoms with Crippen molar-refractivity contribution in [3.63, 3.8) is 0 Å². The molecule has 1 aromatic heterocycles. The number of halogens is 1. The Labute approximate surface area is 131 Å². The van der Waals surface area contributed by atoms with Crippen LogP contribution in [0.15, 0.2) is 30.3 Å². The summed E-state index contributed by atoms with van der Waals surface area (Å²) < 4.78 is 5.10. The van der Waals surface area contributed by atoms with Crippen molar-refractivity contribution in [3.8, 4) is 17.6 Å². The molecule has 0 saturated heterocycles. The van der Waals surface area contributed by atoms with Gasteiger partial charge in [-0.3, -0.25) is 4.79 Å². The van der Waals surface area contributed by atoms with Crippen LogP contribution in [-0.4, -0.2) is 24.7 Å². The maximum atomic E-state index is 12.1. The fourth-order valence-corrected chi connectivity index (χ4v) is 2.55. The number of benzene rings is 1. The molecule has 2 N–H and O–H groups in total. The monoisotopic (exact) mass is 321 g/mol. The number of rotatable bonds is 3. The second-order valence-corrected chi connectivity index (χ2v) is 5.42. The highest BCUT2D eigenvalue weighted by atomic mass is 35.5. The maximum absolute atomic E-state index is 12.1. The Morgan fingerprint density at radius 2 is 2.24 bits per heavy atom. The Morgan fingerprint density at radius 1 is 1.43 bits per heavy atom. The number of ether oxygens (including phenoxy) is 1. The summed E-state index contributed by atoms with van der Waals surface area (Å²) in [6.07, 6.45) is 0. The van der Waals surface area contributed by atoms with E-state index >= 15 is 0 Å². The molecule has 0 fully saturated rings. The van der Waals surface area contributed by atoms with Gasteiger partial charge in [-0.15, -0.1) is 11.3 Å². The van der Waals surface area contributed by atoms with Crippen molar-refractivity contribution < 1.29 is 14.6 Å². The summed E-state index contributed by atoms with van der Waals surface area (Å²) in [6, 6.07) is 8.44. The van der Waals surface area contributed by atoms with Crippen molar-refractivity contribution in [3.05, 3.63) is 45.1 Å². The number of methoxy groups -OCH3 is 1. The minimum absolute atomic E-state index is 0.204. The number of carbonyl (C=O) groups is 1. The molecule has 0 spiro atoms. The first-order valence-electron chi connectivity index (χ1n) is 5.98. The average molecular weight is 322 g/mol. The second-order valence-electron chi connectivity index (χ2n) is 3.93. The van der Waals surface area contributed by atoms with Crippen molar-refractivity contribution in [2.75, 3.05) is 19.0 Å². The molecule has 1 aromatic carbocycles. The first-order valence-corrected chi connectivity index (χ1v) is 7.18. The minimum atomic E-state index is -0.235. The molecule has 108 valence electrons. The zero-order valence-electron chi connectivity index (χ0n) is 11.1. The number of nitrogens with one attached hydrogen (secondary N) is 1. The smallest absolute Gasteiger partial charge is 0.265 e. The van der Waals surface area contributed by atoms with Crippen LogP contribution in [0, 0.1) is 11.8 Å². The molecule has 0 aliphatic carbocycles. The largest absolute Gasteiger partial charge is 0.495 e. The van der Waals surface area contributed by atoms with E-state index < -0.39 is 0 Å². The SMILES string of the molecule is COc1cc(NC(=O)c2ccc(C#CCO)s2)ccc1Cl. The van der Waals surface area contributed by atoms with Crippen molar-refractivity contribution in [2.45, 2.75) is 0 Å². The molecule has 0 atom stereocenters. The highest BCUT2D eigenvalue weighted by Gasteiger charge is 2.10. The molecular formula is C15H12ClNO3S. The van der Waals surface area contributed by atoms with Crippen molar-refractivity contribution in [2.24, 2.45) is 0 Å². The summed E-state index contributed by atoms with van der Waals surface area (Å²) in [5.41, 5.74) is 0.595. The zero-order chi connectivity index (χ0) is 15.2. The summed E-state index contributed by atoms with van der Waals surface area (Å²) in [5, 5.41) is 11.9. The molecule has 0 saturated carbocycles. The van der Waals surface area contributed by atoms with E-state index in [1.165, 1.54) is 18.4 Å². The molecule has 2 aromatic rings. The summed E-state index contributed by atoms with van der Waals surface area (Å²) in [5.74, 6) is 5.56. The molecular weight excluding hydrogens is 310 g/mol. The third kappa shape index (κ3) is 3.99. The molecule has 2 rings (SSSR count). The normalized spacial score (nSPS) is 9.67. The molecule has 21 heavy (non-hydrogen) atoms. The number of hydrogen-bond donors (Lipinski definition) is 2. The van der Waals surface area contributed by atoms with Crippen LogP contribution in [0.1, 0.15) is 14.5 Å². The molecule has 0 aliphatic rings. The van der Waals surface area contributed by atoms with Gasteiger partial charge in [-0.25, -0.2) is 0 Å². The van der Waals surface area contributed by atoms with Crippen LogP contribution in [0.2, 0.25) is 5.02 Å². The average Bonchev–Trinajstić information content (AvgIpc) is 2.96. The Balaban J connectivity index is 2.12. The van der Waals surface area contributed by atoms with E-state index in [1.807, 2.05) is 0 Å². The number of carbonyl (C=O) groups excluding carboxylic acids is 1. The van der Waals surface area contributed by atoms with Crippen LogP contribution in [0.4, 0.5) is 5.69 Å². The molecule has 0 radical (unpaired) electrons. The molecule has 1 heterocycles. The highest BCUT2D eigenvalue weighted by molar-refractivity contribution is 7.14. The Morgan fingerprint density at radius 3 is 2.95 bits per heavy atom. The highest BCUT2D eigenvalue weighted by Crippen LogP contribution is 2.28. The molecule has 4 nitrogen and oxygen atoms in total. The number of aliphatic hydroxyl groups excluding tert-OH is 1. The molecule has 6 heteroatoms. The molecule has 0 bridgehead atoms. The number of amides is 1. The van der Waals surface area contributed by atoms with Gasteiger partial charge in [0.15, 0.2) is 0 Å². The topological polar surface area (TPSA) is 58.6 Å². The van der Waals surface area contributed by atoms with Gasteiger partial charge in [0.05, 0.1) is 21.9 Å². The van der Waals surface area contributed by atoms with Gasteiger partial charge < -0.3 is 15.2 Å². The van der Waals surface area contributed by atoms with Crippen molar-refractivity contribution in [1.29, 1.82) is 0 Å². The fourth-order valence-electron chi connectivity index (χ4n) is 1.58. The second kappa shape index (κ2) is 7.14. The number of aliphatic hydroxyl groups is 1. The van der Waals surface area contributed by atoms with Gasteiger partial charge in [-0.1, -0.05) is 23.4 Å². The van der Waals surface area contributed by atoms with E-state index in [1.54, 1.807) is 30.3 Å². The van der Waals surface area contributed by atoms with Crippen molar-refractivity contribution >= 4 is 34.5 Å². The number of hydrogen-bond acceptors (Lipinski definition) is 4. The lowest BCUT2D eigenvalue weighted by Gasteiger charge is -2.07. The van der Waals surface area contributed by atoms with Gasteiger partial charge in [0, 0.05) is 11.8 Å². The lowest BCUT2D eigenvalue weighted by molar-refractivity contribution is 0.103. The van der Waals surface area contributed by atoms with E-state index in [0.29, 0.717) is 21.3 Å². The summed E-state index contributed by atoms with van der Waals surface area (Å²) in [7, 11) is 1.51. The van der Waals surface area contributed by atoms with E-state index in [-0.39, 0.29) is 12.5 Å². The van der Waals surface area contributed by atoms with Gasteiger partial charge in [-0.05, 0) is 24.3 Å². The summed E-state index contributed by atoms with van der Waals surface area (Å²) in [6.45, 7) is -0.204. The van der Waals surface area contributed by atoms with E-state index in [9.17, 15) is 4.79 Å². The fraction of sp³-hybridized carbons (Fsp3) is 0.133. The summed E-state index contributed by atoms with van der Waals surface area (Å²) in [4.78, 5) is 13.4. The van der Waals surface area contributed by atoms with Gasteiger partial charge in [0.1, 0.15) is 12.4 Å². The number of thiophene rings is 1. The lowest BCUT2D eigenvalue weighted by atomic mass is 10.3. The van der Waals surface area contributed by atoms with Crippen LogP contribution in [0.5, 0.6) is 5.75 Å². The van der Waals surface area contributed by atoms with Crippen LogP contribution in [-0.2, 0) is 0 Å². The predicted molar refractivity (Wildman–Crippen MR) is 84.2 cm³/mol. The molecule has 1 amide bonds. The standard InChI is InChI=1S/C15H12ClNO3S/c1-20-13-9-10(4-6-12(13)16)17-15(19)14-7-5-11(21-14)3-2-8-18/h4-7,9,18H,8H2,1H3,(H,17,19). The Kier molecular flexibility index (Phi) is 5.23. The predicted octanol–water partition coefficient (Wildman–Crippen LogP) is 3.01. The van der Waals surface area contributed by atoms with Gasteiger partial charge in [0.2, 0.25) is 0 Å². The third-order valence-electron chi connectivity index (χ3n) is 2.53. The van der Waals surface area contributed by atoms with E-state index in [2.05, 4.69) is 17.2 Å². The first-order chi connectivity index (χ1) is 10.1. The maximum Gasteiger partial charge on any atom is 0.265 e. The Hall–Kier alpha value is -2.00. The summed E-state index contributed by atoms with van der Waals surface area (Å²) >= 11 is 7.19. The quantitative estimate of drug-likeness (QED) is 0.854. The van der Waals surface area contributed by atoms with E-state index in [0.717, 1.165) is 4.88 Å². The van der Waals surface area contributed by atoms with Gasteiger partial charge >= 0.3 is 0 Å². The first kappa shape index (κ1) is 15.4. The van der Waals surface area contributed by atoms with Crippen LogP contribution in [0.3, 0.4) is 0 Å². The molecule has 0 unspecified atom stereocenters. The van der Waals surface area contributed by atoms with E-state index in [4.69, 9.17) is 21.4 Å². The number of anilines is 1. The third-order valence-corrected chi connectivity index (χ3v) is 3.84. The lowest BCUT2D eigenvalue weighted by Crippen LogP contribution is -2.10. The van der Waals surface area contributed by atoms with Crippen LogP contribution in [0.25, 0.3) is 0 Å². The Bertz CT molecular complexity index is 715. The van der Waals surface area contributed by atoms with Gasteiger partial charge in [0.25, 0.3) is 5.91 Å². The van der Waals surface area contributed by atoms with Crippen LogP contribution >= 0.6 is 22.9 Å². The molecule has 0 aliphatic heterocycles. The minimum Gasteiger partial charge on any atom is -0.495 e. The van der Waals surface area contributed by atoms with Crippen molar-refractivity contribution in [1.82, 2.24) is 0 Å². The zero-order valence-corrected chi connectivity index (χ0v) is 12.7.